The predicted octanol–water partition coefficient (Wildman–Crippen LogP) is 5.26. The zero-order valence-electron chi connectivity index (χ0n) is 15.9. The first kappa shape index (κ1) is 17.3. The number of hydrogen-bond donors (Lipinski definition) is 2. The Morgan fingerprint density at radius 1 is 0.567 bits per heavy atom. The largest absolute Gasteiger partial charge is 0.457 e. The van der Waals surface area contributed by atoms with E-state index in [1.807, 2.05) is 91.0 Å². The highest BCUT2D eigenvalue weighted by atomic mass is 16.5. The second-order valence-electron chi connectivity index (χ2n) is 7.56. The third kappa shape index (κ3) is 2.23. The van der Waals surface area contributed by atoms with E-state index in [1.165, 1.54) is 0 Å². The lowest BCUT2D eigenvalue weighted by atomic mass is 9.74. The zero-order valence-corrected chi connectivity index (χ0v) is 15.9. The number of fused-ring (bicyclic) bond motifs is 4. The molecule has 146 valence electrons. The van der Waals surface area contributed by atoms with E-state index in [0.29, 0.717) is 50.8 Å². The van der Waals surface area contributed by atoms with E-state index in [2.05, 4.69) is 0 Å². The lowest BCUT2D eigenvalue weighted by Gasteiger charge is -2.39. The van der Waals surface area contributed by atoms with Crippen LogP contribution in [0, 0.1) is 0 Å². The first-order valence-corrected chi connectivity index (χ1v) is 9.85. The molecule has 2 aliphatic heterocycles. The van der Waals surface area contributed by atoms with Crippen molar-refractivity contribution in [1.29, 1.82) is 0 Å². The topological polar surface area (TPSA) is 58.9 Å². The highest BCUT2D eigenvalue weighted by Crippen LogP contribution is 2.54. The quantitative estimate of drug-likeness (QED) is 0.462. The van der Waals surface area contributed by atoms with Crippen molar-refractivity contribution in [2.45, 2.75) is 11.7 Å². The first-order valence-electron chi connectivity index (χ1n) is 9.85. The SMILES string of the molecule is OC1c2ccccc2Oc2cccc(C3(O)c4ccccc4Oc4ccccc43)c21. The lowest BCUT2D eigenvalue weighted by molar-refractivity contribution is 0.106. The Hall–Kier alpha value is -3.60. The first-order chi connectivity index (χ1) is 14.7. The molecule has 6 rings (SSSR count). The van der Waals surface area contributed by atoms with Crippen molar-refractivity contribution < 1.29 is 19.7 Å². The molecule has 4 heteroatoms. The van der Waals surface area contributed by atoms with Gasteiger partial charge in [-0.1, -0.05) is 66.7 Å². The summed E-state index contributed by atoms with van der Waals surface area (Å²) in [5.74, 6) is 2.33. The van der Waals surface area contributed by atoms with Crippen molar-refractivity contribution in [2.24, 2.45) is 0 Å². The number of benzene rings is 4. The third-order valence-electron chi connectivity index (χ3n) is 5.94. The molecule has 30 heavy (non-hydrogen) atoms. The van der Waals surface area contributed by atoms with Gasteiger partial charge in [0.1, 0.15) is 34.7 Å². The minimum atomic E-state index is -1.51. The summed E-state index contributed by atoms with van der Waals surface area (Å²) in [5, 5.41) is 23.6. The van der Waals surface area contributed by atoms with Crippen molar-refractivity contribution in [3.63, 3.8) is 0 Å². The van der Waals surface area contributed by atoms with Crippen LogP contribution in [0.15, 0.2) is 91.0 Å². The van der Waals surface area contributed by atoms with Crippen molar-refractivity contribution in [2.75, 3.05) is 0 Å². The van der Waals surface area contributed by atoms with Crippen molar-refractivity contribution in [1.82, 2.24) is 0 Å². The molecule has 4 aromatic rings. The molecular weight excluding hydrogens is 376 g/mol. The minimum Gasteiger partial charge on any atom is -0.457 e. The van der Waals surface area contributed by atoms with Gasteiger partial charge in [0.2, 0.25) is 0 Å². The molecule has 0 radical (unpaired) electrons. The Bertz CT molecular complexity index is 1250. The molecular formula is C26H18O4. The zero-order chi connectivity index (χ0) is 20.3. The van der Waals surface area contributed by atoms with E-state index in [4.69, 9.17) is 9.47 Å². The Morgan fingerprint density at radius 3 is 1.77 bits per heavy atom. The number of aliphatic hydroxyl groups is 2. The molecule has 4 aromatic carbocycles. The Balaban J connectivity index is 1.66. The summed E-state index contributed by atoms with van der Waals surface area (Å²) < 4.78 is 12.2. The van der Waals surface area contributed by atoms with Crippen LogP contribution in [0.5, 0.6) is 23.0 Å². The van der Waals surface area contributed by atoms with Gasteiger partial charge in [0, 0.05) is 27.8 Å². The van der Waals surface area contributed by atoms with E-state index < -0.39 is 11.7 Å². The Kier molecular flexibility index (Phi) is 3.57. The fraction of sp³-hybridized carbons (Fsp3) is 0.0769. The van der Waals surface area contributed by atoms with Gasteiger partial charge in [-0.2, -0.15) is 0 Å². The molecule has 0 saturated heterocycles. The van der Waals surface area contributed by atoms with Crippen LogP contribution in [0.2, 0.25) is 0 Å². The fourth-order valence-electron chi connectivity index (χ4n) is 4.57. The monoisotopic (exact) mass is 394 g/mol. The number of para-hydroxylation sites is 3. The third-order valence-corrected chi connectivity index (χ3v) is 5.94. The number of rotatable bonds is 1. The molecule has 0 saturated carbocycles. The van der Waals surface area contributed by atoms with E-state index >= 15 is 0 Å². The van der Waals surface area contributed by atoms with Crippen LogP contribution < -0.4 is 9.47 Å². The summed E-state index contributed by atoms with van der Waals surface area (Å²) in [6, 6.07) is 27.8. The van der Waals surface area contributed by atoms with Crippen LogP contribution in [-0.2, 0) is 5.60 Å². The number of aliphatic hydroxyl groups excluding tert-OH is 1. The molecule has 1 atom stereocenters. The molecule has 2 aliphatic rings. The maximum Gasteiger partial charge on any atom is 0.148 e. The summed E-state index contributed by atoms with van der Waals surface area (Å²) in [5.41, 5.74) is 1.56. The van der Waals surface area contributed by atoms with Gasteiger partial charge in [0.25, 0.3) is 0 Å². The van der Waals surface area contributed by atoms with E-state index in [0.717, 1.165) is 0 Å². The molecule has 0 aromatic heterocycles. The fourth-order valence-corrected chi connectivity index (χ4v) is 4.57. The summed E-state index contributed by atoms with van der Waals surface area (Å²) in [4.78, 5) is 0. The molecule has 2 N–H and O–H groups in total. The molecule has 1 unspecified atom stereocenters. The molecule has 0 spiro atoms. The smallest absolute Gasteiger partial charge is 0.148 e. The predicted molar refractivity (Wildman–Crippen MR) is 112 cm³/mol. The lowest BCUT2D eigenvalue weighted by Crippen LogP contribution is -2.34. The molecule has 4 nitrogen and oxygen atoms in total. The number of hydrogen-bond acceptors (Lipinski definition) is 4. The molecule has 0 aliphatic carbocycles. The maximum atomic E-state index is 12.3. The second kappa shape index (κ2) is 6.20. The summed E-state index contributed by atoms with van der Waals surface area (Å²) in [6.07, 6.45) is -0.924. The minimum absolute atomic E-state index is 0.536. The van der Waals surface area contributed by atoms with Crippen LogP contribution in [0.3, 0.4) is 0 Å². The molecule has 0 amide bonds. The highest BCUT2D eigenvalue weighted by molar-refractivity contribution is 5.65. The maximum absolute atomic E-state index is 12.3. The van der Waals surface area contributed by atoms with Crippen molar-refractivity contribution in [3.8, 4) is 23.0 Å². The van der Waals surface area contributed by atoms with Gasteiger partial charge in [-0.25, -0.2) is 0 Å². The Morgan fingerprint density at radius 2 is 1.07 bits per heavy atom. The van der Waals surface area contributed by atoms with E-state index in [1.54, 1.807) is 0 Å². The standard InChI is InChI=1S/C26H18O4/c27-25-16-8-1-4-12-20(16)29-23-15-7-11-19(24(23)25)26(28)17-9-2-5-13-21(17)30-22-14-6-3-10-18(22)26/h1-15,25,27-28H. The van der Waals surface area contributed by atoms with Crippen LogP contribution in [-0.4, -0.2) is 10.2 Å². The Labute approximate surface area is 173 Å². The van der Waals surface area contributed by atoms with E-state index in [-0.39, 0.29) is 0 Å². The molecule has 0 bridgehead atoms. The summed E-state index contributed by atoms with van der Waals surface area (Å²) in [7, 11) is 0. The van der Waals surface area contributed by atoms with Crippen LogP contribution >= 0.6 is 0 Å². The van der Waals surface area contributed by atoms with E-state index in [9.17, 15) is 10.2 Å². The average molecular weight is 394 g/mol. The van der Waals surface area contributed by atoms with Crippen LogP contribution in [0.4, 0.5) is 0 Å². The van der Waals surface area contributed by atoms with Gasteiger partial charge in [-0.05, 0) is 24.3 Å². The summed E-state index contributed by atoms with van der Waals surface area (Å²) >= 11 is 0. The van der Waals surface area contributed by atoms with Crippen LogP contribution in [0.25, 0.3) is 0 Å². The van der Waals surface area contributed by atoms with Gasteiger partial charge >= 0.3 is 0 Å². The molecule has 0 fully saturated rings. The average Bonchev–Trinajstić information content (AvgIpc) is 2.79. The van der Waals surface area contributed by atoms with Gasteiger partial charge in [-0.3, -0.25) is 0 Å². The normalized spacial score (nSPS) is 17.5. The van der Waals surface area contributed by atoms with Gasteiger partial charge in [0.05, 0.1) is 0 Å². The summed E-state index contributed by atoms with van der Waals surface area (Å²) in [6.45, 7) is 0. The van der Waals surface area contributed by atoms with Crippen LogP contribution in [0.1, 0.15) is 33.9 Å². The van der Waals surface area contributed by atoms with Gasteiger partial charge in [0.15, 0.2) is 0 Å². The number of ether oxygens (including phenoxy) is 2. The highest BCUT2D eigenvalue weighted by Gasteiger charge is 2.45. The van der Waals surface area contributed by atoms with Crippen molar-refractivity contribution >= 4 is 0 Å². The molecule has 2 heterocycles. The second-order valence-corrected chi connectivity index (χ2v) is 7.56. The van der Waals surface area contributed by atoms with Crippen molar-refractivity contribution in [3.05, 3.63) is 119 Å². The van der Waals surface area contributed by atoms with Gasteiger partial charge in [-0.15, -0.1) is 0 Å². The van der Waals surface area contributed by atoms with Gasteiger partial charge < -0.3 is 19.7 Å².